The zero-order valence-corrected chi connectivity index (χ0v) is 11.6. The molecular weight excluding hydrogens is 252 g/mol. The van der Waals surface area contributed by atoms with Crippen molar-refractivity contribution < 1.29 is 4.74 Å². The topological polar surface area (TPSA) is 70.8 Å². The van der Waals surface area contributed by atoms with E-state index < -0.39 is 0 Å². The highest BCUT2D eigenvalue weighted by Gasteiger charge is 2.38. The van der Waals surface area contributed by atoms with E-state index in [0.29, 0.717) is 17.6 Å². The standard InChI is InChI=1S/C15H20N4O/c16-11-13-14(18-8-7-17-13)19-12-4-9-20-15(10-12)5-2-1-3-6-15/h7-8,12H,1-6,9-10H2,(H,18,19)/t12-/m0/s1. The van der Waals surface area contributed by atoms with E-state index in [4.69, 9.17) is 10.00 Å². The fourth-order valence-corrected chi connectivity index (χ4v) is 3.41. The van der Waals surface area contributed by atoms with E-state index in [1.165, 1.54) is 19.3 Å². The second kappa shape index (κ2) is 5.76. The Morgan fingerprint density at radius 3 is 2.85 bits per heavy atom. The van der Waals surface area contributed by atoms with Gasteiger partial charge in [-0.3, -0.25) is 0 Å². The largest absolute Gasteiger partial charge is 0.375 e. The van der Waals surface area contributed by atoms with E-state index in [9.17, 15) is 0 Å². The number of rotatable bonds is 2. The van der Waals surface area contributed by atoms with Crippen LogP contribution in [0.5, 0.6) is 0 Å². The van der Waals surface area contributed by atoms with E-state index in [2.05, 4.69) is 21.4 Å². The predicted molar refractivity (Wildman–Crippen MR) is 75.2 cm³/mol. The molecule has 1 aromatic rings. The van der Waals surface area contributed by atoms with Crippen molar-refractivity contribution in [2.75, 3.05) is 11.9 Å². The van der Waals surface area contributed by atoms with Crippen molar-refractivity contribution in [1.82, 2.24) is 9.97 Å². The zero-order valence-electron chi connectivity index (χ0n) is 11.6. The summed E-state index contributed by atoms with van der Waals surface area (Å²) in [6.07, 6.45) is 11.3. The van der Waals surface area contributed by atoms with Gasteiger partial charge in [0.2, 0.25) is 0 Å². The second-order valence-electron chi connectivity index (χ2n) is 5.79. The molecule has 1 aliphatic carbocycles. The van der Waals surface area contributed by atoms with Crippen molar-refractivity contribution in [3.05, 3.63) is 18.1 Å². The molecule has 1 aromatic heterocycles. The SMILES string of the molecule is N#Cc1nccnc1N[C@H]1CCOC2(CCCCC2)C1. The van der Waals surface area contributed by atoms with Crippen LogP contribution in [0.3, 0.4) is 0 Å². The summed E-state index contributed by atoms with van der Waals surface area (Å²) in [5.41, 5.74) is 0.431. The molecule has 2 heterocycles. The van der Waals surface area contributed by atoms with Gasteiger partial charge in [0.25, 0.3) is 0 Å². The lowest BCUT2D eigenvalue weighted by molar-refractivity contribution is -0.103. The van der Waals surface area contributed by atoms with Gasteiger partial charge >= 0.3 is 0 Å². The maximum atomic E-state index is 9.07. The van der Waals surface area contributed by atoms with Gasteiger partial charge in [0.15, 0.2) is 11.5 Å². The molecule has 1 N–H and O–H groups in total. The van der Waals surface area contributed by atoms with Crippen molar-refractivity contribution in [3.63, 3.8) is 0 Å². The average Bonchev–Trinajstić information content (AvgIpc) is 2.49. The summed E-state index contributed by atoms with van der Waals surface area (Å²) in [7, 11) is 0. The molecule has 2 fully saturated rings. The van der Waals surface area contributed by atoms with Gasteiger partial charge < -0.3 is 10.1 Å². The third kappa shape index (κ3) is 2.75. The summed E-state index contributed by atoms with van der Waals surface area (Å²) < 4.78 is 6.09. The molecule has 0 aromatic carbocycles. The van der Waals surface area contributed by atoms with Gasteiger partial charge in [-0.05, 0) is 25.7 Å². The van der Waals surface area contributed by atoms with Gasteiger partial charge in [0.05, 0.1) is 5.60 Å². The maximum absolute atomic E-state index is 9.07. The van der Waals surface area contributed by atoms with Gasteiger partial charge in [0.1, 0.15) is 6.07 Å². The van der Waals surface area contributed by atoms with Gasteiger partial charge in [-0.2, -0.15) is 5.26 Å². The minimum Gasteiger partial charge on any atom is -0.375 e. The Bertz CT molecular complexity index is 499. The number of hydrogen-bond acceptors (Lipinski definition) is 5. The third-order valence-electron chi connectivity index (χ3n) is 4.40. The van der Waals surface area contributed by atoms with Crippen LogP contribution in [-0.2, 0) is 4.74 Å². The second-order valence-corrected chi connectivity index (χ2v) is 5.79. The Morgan fingerprint density at radius 2 is 2.05 bits per heavy atom. The Balaban J connectivity index is 1.70. The zero-order chi connectivity index (χ0) is 13.8. The maximum Gasteiger partial charge on any atom is 0.182 e. The lowest BCUT2D eigenvalue weighted by Crippen LogP contribution is -2.45. The summed E-state index contributed by atoms with van der Waals surface area (Å²) in [4.78, 5) is 8.29. The number of anilines is 1. The molecule has 1 atom stereocenters. The van der Waals surface area contributed by atoms with Crippen molar-refractivity contribution in [1.29, 1.82) is 5.26 Å². The van der Waals surface area contributed by atoms with E-state index in [-0.39, 0.29) is 5.60 Å². The molecule has 0 radical (unpaired) electrons. The fourth-order valence-electron chi connectivity index (χ4n) is 3.41. The van der Waals surface area contributed by atoms with Crippen molar-refractivity contribution in [2.24, 2.45) is 0 Å². The van der Waals surface area contributed by atoms with E-state index in [1.807, 2.05) is 0 Å². The Labute approximate surface area is 119 Å². The highest BCUT2D eigenvalue weighted by Crippen LogP contribution is 2.39. The summed E-state index contributed by atoms with van der Waals surface area (Å²) in [5, 5.41) is 12.5. The van der Waals surface area contributed by atoms with Crippen LogP contribution in [0.15, 0.2) is 12.4 Å². The highest BCUT2D eigenvalue weighted by atomic mass is 16.5. The van der Waals surface area contributed by atoms with E-state index >= 15 is 0 Å². The molecule has 3 rings (SSSR count). The van der Waals surface area contributed by atoms with Crippen LogP contribution in [0.4, 0.5) is 5.82 Å². The number of nitriles is 1. The average molecular weight is 272 g/mol. The first-order chi connectivity index (χ1) is 9.81. The summed E-state index contributed by atoms with van der Waals surface area (Å²) >= 11 is 0. The molecule has 2 aliphatic rings. The molecule has 1 saturated carbocycles. The molecule has 5 heteroatoms. The molecule has 0 unspecified atom stereocenters. The van der Waals surface area contributed by atoms with Gasteiger partial charge in [-0.1, -0.05) is 19.3 Å². The minimum absolute atomic E-state index is 0.0587. The number of aromatic nitrogens is 2. The first-order valence-electron chi connectivity index (χ1n) is 7.43. The van der Waals surface area contributed by atoms with Crippen LogP contribution in [0.1, 0.15) is 50.6 Å². The van der Waals surface area contributed by atoms with Crippen LogP contribution >= 0.6 is 0 Å². The number of hydrogen-bond donors (Lipinski definition) is 1. The van der Waals surface area contributed by atoms with Crippen molar-refractivity contribution in [3.8, 4) is 6.07 Å². The Hall–Kier alpha value is -1.67. The molecule has 0 amide bonds. The normalized spacial score (nSPS) is 25.1. The smallest absolute Gasteiger partial charge is 0.182 e. The Kier molecular flexibility index (Phi) is 3.83. The van der Waals surface area contributed by atoms with Crippen molar-refractivity contribution >= 4 is 5.82 Å². The van der Waals surface area contributed by atoms with Crippen LogP contribution in [0.25, 0.3) is 0 Å². The van der Waals surface area contributed by atoms with Gasteiger partial charge in [0, 0.05) is 25.0 Å². The molecular formula is C15H20N4O. The predicted octanol–water partition coefficient (Wildman–Crippen LogP) is 2.64. The molecule has 1 saturated heterocycles. The first-order valence-corrected chi connectivity index (χ1v) is 7.43. The van der Waals surface area contributed by atoms with Crippen molar-refractivity contribution in [2.45, 2.75) is 56.6 Å². The van der Waals surface area contributed by atoms with Crippen LogP contribution in [0.2, 0.25) is 0 Å². The quantitative estimate of drug-likeness (QED) is 0.896. The monoisotopic (exact) mass is 272 g/mol. The van der Waals surface area contributed by atoms with Gasteiger partial charge in [-0.15, -0.1) is 0 Å². The summed E-state index contributed by atoms with van der Waals surface area (Å²) in [6.45, 7) is 0.791. The van der Waals surface area contributed by atoms with Crippen LogP contribution in [-0.4, -0.2) is 28.2 Å². The van der Waals surface area contributed by atoms with Crippen LogP contribution in [0, 0.1) is 11.3 Å². The number of nitrogens with zero attached hydrogens (tertiary/aromatic N) is 3. The number of nitrogens with one attached hydrogen (secondary N) is 1. The molecule has 0 bridgehead atoms. The molecule has 5 nitrogen and oxygen atoms in total. The molecule has 20 heavy (non-hydrogen) atoms. The van der Waals surface area contributed by atoms with E-state index in [0.717, 1.165) is 32.3 Å². The Morgan fingerprint density at radius 1 is 1.25 bits per heavy atom. The third-order valence-corrected chi connectivity index (χ3v) is 4.40. The molecule has 1 spiro atoms. The first kappa shape index (κ1) is 13.3. The van der Waals surface area contributed by atoms with Gasteiger partial charge in [-0.25, -0.2) is 9.97 Å². The van der Waals surface area contributed by atoms with Crippen LogP contribution < -0.4 is 5.32 Å². The lowest BCUT2D eigenvalue weighted by atomic mass is 9.78. The highest BCUT2D eigenvalue weighted by molar-refractivity contribution is 5.47. The van der Waals surface area contributed by atoms with E-state index in [1.54, 1.807) is 12.4 Å². The summed E-state index contributed by atoms with van der Waals surface area (Å²) in [6, 6.07) is 2.41. The lowest BCUT2D eigenvalue weighted by Gasteiger charge is -2.43. The molecule has 106 valence electrons. The fraction of sp³-hybridized carbons (Fsp3) is 0.667. The summed E-state index contributed by atoms with van der Waals surface area (Å²) in [5.74, 6) is 0.604. The molecule has 1 aliphatic heterocycles. The minimum atomic E-state index is 0.0587. The number of ether oxygens (including phenoxy) is 1.